The molecule has 1 fully saturated rings. The highest BCUT2D eigenvalue weighted by Crippen LogP contribution is 2.19. The van der Waals surface area contributed by atoms with Crippen molar-refractivity contribution < 1.29 is 14.1 Å². The smallest absolute Gasteiger partial charge is 0.253 e. The molecule has 132 valence electrons. The predicted octanol–water partition coefficient (Wildman–Crippen LogP) is 2.46. The van der Waals surface area contributed by atoms with E-state index >= 15 is 0 Å². The Morgan fingerprint density at radius 3 is 2.72 bits per heavy atom. The number of aryl methyl sites for hydroxylation is 2. The molecule has 2 aromatic rings. The van der Waals surface area contributed by atoms with Crippen molar-refractivity contribution in [1.29, 1.82) is 0 Å². The van der Waals surface area contributed by atoms with Gasteiger partial charge in [0.25, 0.3) is 5.91 Å². The largest absolute Gasteiger partial charge is 0.361 e. The third kappa shape index (κ3) is 4.26. The number of hydrogen-bond donors (Lipinski definition) is 1. The highest BCUT2D eigenvalue weighted by Gasteiger charge is 2.28. The number of carbonyl (C=O) groups excluding carboxylic acids is 2. The summed E-state index contributed by atoms with van der Waals surface area (Å²) >= 11 is 0. The Labute approximate surface area is 147 Å². The molecule has 6 nitrogen and oxygen atoms in total. The second-order valence-electron chi connectivity index (χ2n) is 6.60. The fourth-order valence-electron chi connectivity index (χ4n) is 3.08. The molecule has 1 saturated heterocycles. The number of nitrogens with one attached hydrogen (secondary N) is 1. The summed E-state index contributed by atoms with van der Waals surface area (Å²) in [5, 5.41) is 6.76. The second-order valence-corrected chi connectivity index (χ2v) is 6.60. The number of aromatic nitrogens is 1. The molecule has 1 unspecified atom stereocenters. The van der Waals surface area contributed by atoms with Crippen LogP contribution in [0.4, 0.5) is 0 Å². The molecule has 1 aromatic carbocycles. The van der Waals surface area contributed by atoms with Gasteiger partial charge in [0, 0.05) is 24.7 Å². The first-order valence-electron chi connectivity index (χ1n) is 8.59. The molecule has 6 heteroatoms. The van der Waals surface area contributed by atoms with Crippen LogP contribution in [0.5, 0.6) is 0 Å². The van der Waals surface area contributed by atoms with E-state index in [0.29, 0.717) is 30.9 Å². The van der Waals surface area contributed by atoms with Crippen molar-refractivity contribution in [2.75, 3.05) is 13.1 Å². The lowest BCUT2D eigenvalue weighted by Crippen LogP contribution is -2.45. The molecular weight excluding hydrogens is 318 g/mol. The summed E-state index contributed by atoms with van der Waals surface area (Å²) in [6, 6.07) is 9.35. The summed E-state index contributed by atoms with van der Waals surface area (Å²) in [7, 11) is 0. The minimum atomic E-state index is -0.184. The lowest BCUT2D eigenvalue weighted by atomic mass is 9.96. The van der Waals surface area contributed by atoms with Crippen LogP contribution in [0, 0.1) is 19.8 Å². The van der Waals surface area contributed by atoms with Crippen LogP contribution in [0.2, 0.25) is 0 Å². The average Bonchev–Trinajstić information content (AvgIpc) is 3.05. The molecule has 2 heterocycles. The van der Waals surface area contributed by atoms with Crippen molar-refractivity contribution in [1.82, 2.24) is 15.4 Å². The minimum absolute atomic E-state index is 0.00961. The van der Waals surface area contributed by atoms with Crippen molar-refractivity contribution in [3.05, 3.63) is 52.9 Å². The Hall–Kier alpha value is -2.63. The zero-order valence-corrected chi connectivity index (χ0v) is 14.6. The van der Waals surface area contributed by atoms with Crippen LogP contribution in [0.3, 0.4) is 0 Å². The van der Waals surface area contributed by atoms with Crippen LogP contribution in [0.15, 0.2) is 34.9 Å². The minimum Gasteiger partial charge on any atom is -0.361 e. The lowest BCUT2D eigenvalue weighted by molar-refractivity contribution is -0.126. The van der Waals surface area contributed by atoms with Crippen molar-refractivity contribution in [2.24, 2.45) is 5.92 Å². The zero-order valence-electron chi connectivity index (χ0n) is 14.6. The van der Waals surface area contributed by atoms with E-state index in [-0.39, 0.29) is 17.7 Å². The molecule has 1 aliphatic rings. The number of benzene rings is 1. The SMILES string of the molecule is Cc1ccc(C(=O)N2CCCC(C(=O)NCc3cc(C)on3)C2)cc1. The molecule has 1 atom stereocenters. The molecule has 25 heavy (non-hydrogen) atoms. The molecule has 0 saturated carbocycles. The van der Waals surface area contributed by atoms with E-state index in [1.54, 1.807) is 11.0 Å². The van der Waals surface area contributed by atoms with E-state index in [4.69, 9.17) is 4.52 Å². The monoisotopic (exact) mass is 341 g/mol. The fraction of sp³-hybridized carbons (Fsp3) is 0.421. The normalized spacial score (nSPS) is 17.4. The molecule has 0 radical (unpaired) electrons. The van der Waals surface area contributed by atoms with Gasteiger partial charge in [-0.2, -0.15) is 0 Å². The van der Waals surface area contributed by atoms with Gasteiger partial charge in [-0.15, -0.1) is 0 Å². The Bertz CT molecular complexity index is 752. The first-order chi connectivity index (χ1) is 12.0. The van der Waals surface area contributed by atoms with Crippen molar-refractivity contribution in [2.45, 2.75) is 33.2 Å². The van der Waals surface area contributed by atoms with Crippen LogP contribution < -0.4 is 5.32 Å². The van der Waals surface area contributed by atoms with Crippen LogP contribution in [0.1, 0.15) is 40.2 Å². The maximum Gasteiger partial charge on any atom is 0.253 e. The van der Waals surface area contributed by atoms with Crippen LogP contribution in [-0.2, 0) is 11.3 Å². The number of carbonyl (C=O) groups is 2. The summed E-state index contributed by atoms with van der Waals surface area (Å²) in [6.07, 6.45) is 1.63. The van der Waals surface area contributed by atoms with Gasteiger partial charge < -0.3 is 14.7 Å². The van der Waals surface area contributed by atoms with E-state index in [1.165, 1.54) is 0 Å². The van der Waals surface area contributed by atoms with E-state index in [0.717, 1.165) is 24.2 Å². The summed E-state index contributed by atoms with van der Waals surface area (Å²) < 4.78 is 4.99. The number of amides is 2. The van der Waals surface area contributed by atoms with Crippen LogP contribution in [-0.4, -0.2) is 35.0 Å². The quantitative estimate of drug-likeness (QED) is 0.927. The fourth-order valence-corrected chi connectivity index (χ4v) is 3.08. The molecule has 1 aromatic heterocycles. The zero-order chi connectivity index (χ0) is 17.8. The third-order valence-corrected chi connectivity index (χ3v) is 4.50. The van der Waals surface area contributed by atoms with Crippen LogP contribution in [0.25, 0.3) is 0 Å². The van der Waals surface area contributed by atoms with Gasteiger partial charge in [-0.1, -0.05) is 22.9 Å². The van der Waals surface area contributed by atoms with Gasteiger partial charge >= 0.3 is 0 Å². The van der Waals surface area contributed by atoms with Crippen molar-refractivity contribution in [3.63, 3.8) is 0 Å². The van der Waals surface area contributed by atoms with E-state index in [1.807, 2.05) is 38.1 Å². The Balaban J connectivity index is 1.57. The maximum atomic E-state index is 12.6. The first kappa shape index (κ1) is 17.2. The van der Waals surface area contributed by atoms with E-state index in [2.05, 4.69) is 10.5 Å². The molecule has 1 N–H and O–H groups in total. The number of hydrogen-bond acceptors (Lipinski definition) is 4. The molecule has 3 rings (SSSR count). The Kier molecular flexibility index (Phi) is 5.16. The third-order valence-electron chi connectivity index (χ3n) is 4.50. The average molecular weight is 341 g/mol. The highest BCUT2D eigenvalue weighted by atomic mass is 16.5. The second kappa shape index (κ2) is 7.51. The predicted molar refractivity (Wildman–Crippen MR) is 92.9 cm³/mol. The van der Waals surface area contributed by atoms with Crippen molar-refractivity contribution >= 4 is 11.8 Å². The summed E-state index contributed by atoms with van der Waals surface area (Å²) in [5.74, 6) is 0.486. The van der Waals surface area contributed by atoms with Gasteiger partial charge in [0.1, 0.15) is 11.5 Å². The molecule has 0 spiro atoms. The van der Waals surface area contributed by atoms with Crippen LogP contribution >= 0.6 is 0 Å². The van der Waals surface area contributed by atoms with Gasteiger partial charge in [0.2, 0.25) is 5.91 Å². The van der Waals surface area contributed by atoms with Gasteiger partial charge in [0.15, 0.2) is 0 Å². The molecule has 0 bridgehead atoms. The van der Waals surface area contributed by atoms with Gasteiger partial charge in [-0.05, 0) is 38.8 Å². The van der Waals surface area contributed by atoms with E-state index < -0.39 is 0 Å². The first-order valence-corrected chi connectivity index (χ1v) is 8.59. The van der Waals surface area contributed by atoms with Gasteiger partial charge in [-0.25, -0.2) is 0 Å². The molecule has 0 aliphatic carbocycles. The number of piperidine rings is 1. The summed E-state index contributed by atoms with van der Waals surface area (Å²) in [4.78, 5) is 26.8. The molecule has 1 aliphatic heterocycles. The Morgan fingerprint density at radius 1 is 1.28 bits per heavy atom. The number of nitrogens with zero attached hydrogens (tertiary/aromatic N) is 2. The summed E-state index contributed by atoms with van der Waals surface area (Å²) in [6.45, 7) is 5.30. The Morgan fingerprint density at radius 2 is 2.04 bits per heavy atom. The molecule has 2 amide bonds. The lowest BCUT2D eigenvalue weighted by Gasteiger charge is -2.32. The van der Waals surface area contributed by atoms with Gasteiger partial charge in [-0.3, -0.25) is 9.59 Å². The summed E-state index contributed by atoms with van der Waals surface area (Å²) in [5.41, 5.74) is 2.49. The number of rotatable bonds is 4. The van der Waals surface area contributed by atoms with Crippen molar-refractivity contribution in [3.8, 4) is 0 Å². The molecular formula is C19H23N3O3. The highest BCUT2D eigenvalue weighted by molar-refractivity contribution is 5.94. The topological polar surface area (TPSA) is 75.4 Å². The van der Waals surface area contributed by atoms with E-state index in [9.17, 15) is 9.59 Å². The standard InChI is InChI=1S/C19H23N3O3/c1-13-5-7-15(8-6-13)19(24)22-9-3-4-16(12-22)18(23)20-11-17-10-14(2)25-21-17/h5-8,10,16H,3-4,9,11-12H2,1-2H3,(H,20,23). The number of likely N-dealkylation sites (tertiary alicyclic amines) is 1. The maximum absolute atomic E-state index is 12.6. The van der Waals surface area contributed by atoms with Gasteiger partial charge in [0.05, 0.1) is 12.5 Å².